The van der Waals surface area contributed by atoms with Gasteiger partial charge in [0.1, 0.15) is 12.6 Å². The highest BCUT2D eigenvalue weighted by molar-refractivity contribution is 5.87. The van der Waals surface area contributed by atoms with Crippen molar-refractivity contribution in [3.8, 4) is 6.07 Å². The van der Waals surface area contributed by atoms with E-state index in [0.717, 1.165) is 12.1 Å². The number of fused-ring (bicyclic) bond motifs is 1. The van der Waals surface area contributed by atoms with Gasteiger partial charge in [-0.2, -0.15) is 18.4 Å². The van der Waals surface area contributed by atoms with Crippen LogP contribution < -0.4 is 16.0 Å². The fourth-order valence-electron chi connectivity index (χ4n) is 4.15. The number of nitriles is 1. The van der Waals surface area contributed by atoms with Crippen LogP contribution in [0.4, 0.5) is 18.9 Å². The van der Waals surface area contributed by atoms with Crippen molar-refractivity contribution in [1.29, 1.82) is 5.26 Å². The summed E-state index contributed by atoms with van der Waals surface area (Å²) in [5, 5.41) is 11.5. The number of piperazine rings is 1. The van der Waals surface area contributed by atoms with Crippen LogP contribution in [-0.2, 0) is 22.3 Å². The summed E-state index contributed by atoms with van der Waals surface area (Å²) in [6.45, 7) is -0.248. The fourth-order valence-corrected chi connectivity index (χ4v) is 4.15. The molecule has 4 rings (SSSR count). The molecule has 2 amide bonds. The van der Waals surface area contributed by atoms with Gasteiger partial charge >= 0.3 is 11.9 Å². The van der Waals surface area contributed by atoms with E-state index < -0.39 is 40.9 Å². The van der Waals surface area contributed by atoms with E-state index in [2.05, 4.69) is 5.32 Å². The number of amides is 2. The Bertz CT molecular complexity index is 1390. The van der Waals surface area contributed by atoms with Gasteiger partial charge in [0.2, 0.25) is 11.8 Å². The number of anilines is 1. The normalized spacial score (nSPS) is 16.3. The summed E-state index contributed by atoms with van der Waals surface area (Å²) >= 11 is 0. The Morgan fingerprint density at radius 1 is 1.20 bits per heavy atom. The van der Waals surface area contributed by atoms with Gasteiger partial charge in [0.05, 0.1) is 29.3 Å². The molecule has 0 radical (unpaired) electrons. The first-order chi connectivity index (χ1) is 16.6. The van der Waals surface area contributed by atoms with Gasteiger partial charge in [0.15, 0.2) is 5.58 Å². The minimum atomic E-state index is -4.75. The molecule has 1 saturated heterocycles. The van der Waals surface area contributed by atoms with Gasteiger partial charge in [0, 0.05) is 25.8 Å². The van der Waals surface area contributed by atoms with Crippen molar-refractivity contribution in [3.05, 3.63) is 64.1 Å². The minimum absolute atomic E-state index is 0.0635. The molecule has 2 heterocycles. The molecule has 12 heteroatoms. The van der Waals surface area contributed by atoms with Crippen LogP contribution in [0, 0.1) is 11.3 Å². The summed E-state index contributed by atoms with van der Waals surface area (Å²) < 4.78 is 46.7. The highest BCUT2D eigenvalue weighted by atomic mass is 19.4. The average molecular weight is 487 g/mol. The monoisotopic (exact) mass is 487 g/mol. The molecule has 2 aromatic carbocycles. The average Bonchev–Trinajstić information content (AvgIpc) is 3.16. The second-order valence-electron chi connectivity index (χ2n) is 7.92. The van der Waals surface area contributed by atoms with E-state index in [1.165, 1.54) is 33.6 Å². The predicted octanol–water partition coefficient (Wildman–Crippen LogP) is 1.95. The van der Waals surface area contributed by atoms with Crippen LogP contribution in [0.15, 0.2) is 51.7 Å². The molecule has 1 aliphatic rings. The van der Waals surface area contributed by atoms with Crippen molar-refractivity contribution >= 4 is 28.6 Å². The van der Waals surface area contributed by atoms with Crippen molar-refractivity contribution in [2.75, 3.05) is 31.6 Å². The molecule has 1 aromatic heterocycles. The molecule has 35 heavy (non-hydrogen) atoms. The molecule has 1 aliphatic heterocycles. The molecule has 0 bridgehead atoms. The lowest BCUT2D eigenvalue weighted by atomic mass is 10.0. The third kappa shape index (κ3) is 4.57. The number of aromatic nitrogens is 1. The molecule has 1 N–H and O–H groups in total. The minimum Gasteiger partial charge on any atom is -0.408 e. The van der Waals surface area contributed by atoms with Crippen molar-refractivity contribution in [2.45, 2.75) is 18.8 Å². The summed E-state index contributed by atoms with van der Waals surface area (Å²) in [5.41, 5.74) is -0.736. The summed E-state index contributed by atoms with van der Waals surface area (Å²) in [6.07, 6.45) is -4.75. The van der Waals surface area contributed by atoms with E-state index in [4.69, 9.17) is 9.68 Å². The molecule has 9 nitrogen and oxygen atoms in total. The van der Waals surface area contributed by atoms with Crippen LogP contribution in [0.5, 0.6) is 0 Å². The molecule has 1 unspecified atom stereocenters. The SMILES string of the molecule is CNC(=O)C1CN(C(=O)Cn2c(=O)oc3ccccc32)CCN1c1ccc(C#N)c(C(F)(F)F)c1. The van der Waals surface area contributed by atoms with E-state index in [-0.39, 0.29) is 31.9 Å². The summed E-state index contributed by atoms with van der Waals surface area (Å²) in [5.74, 6) is -1.63. The maximum Gasteiger partial charge on any atom is 0.420 e. The third-order valence-electron chi connectivity index (χ3n) is 5.91. The van der Waals surface area contributed by atoms with Gasteiger partial charge in [-0.3, -0.25) is 14.2 Å². The highest BCUT2D eigenvalue weighted by Gasteiger charge is 2.37. The molecule has 0 aliphatic carbocycles. The molecule has 0 saturated carbocycles. The second-order valence-corrected chi connectivity index (χ2v) is 7.92. The topological polar surface area (TPSA) is 112 Å². The van der Waals surface area contributed by atoms with Crippen LogP contribution in [0.1, 0.15) is 11.1 Å². The molecule has 1 fully saturated rings. The maximum atomic E-state index is 13.5. The first-order valence-corrected chi connectivity index (χ1v) is 10.6. The number of likely N-dealkylation sites (N-methyl/N-ethyl adjacent to an activating group) is 1. The lowest BCUT2D eigenvalue weighted by molar-refractivity contribution is -0.137. The van der Waals surface area contributed by atoms with Crippen LogP contribution in [0.25, 0.3) is 11.1 Å². The third-order valence-corrected chi connectivity index (χ3v) is 5.91. The second kappa shape index (κ2) is 9.17. The number of para-hydroxylation sites is 2. The van der Waals surface area contributed by atoms with Gasteiger partial charge in [-0.05, 0) is 30.3 Å². The smallest absolute Gasteiger partial charge is 0.408 e. The molecular weight excluding hydrogens is 467 g/mol. The molecule has 1 atom stereocenters. The number of hydrogen-bond donors (Lipinski definition) is 1. The maximum absolute atomic E-state index is 13.5. The van der Waals surface area contributed by atoms with Gasteiger partial charge < -0.3 is 19.5 Å². The zero-order valence-electron chi connectivity index (χ0n) is 18.5. The van der Waals surface area contributed by atoms with Crippen LogP contribution in [0.3, 0.4) is 0 Å². The van der Waals surface area contributed by atoms with Gasteiger partial charge in [0.25, 0.3) is 0 Å². The Hall–Kier alpha value is -4.27. The Kier molecular flexibility index (Phi) is 6.26. The zero-order valence-corrected chi connectivity index (χ0v) is 18.5. The van der Waals surface area contributed by atoms with E-state index in [0.29, 0.717) is 11.1 Å². The number of hydrogen-bond acceptors (Lipinski definition) is 6. The van der Waals surface area contributed by atoms with Gasteiger partial charge in [-0.1, -0.05) is 12.1 Å². The van der Waals surface area contributed by atoms with Crippen molar-refractivity contribution in [2.24, 2.45) is 0 Å². The molecule has 0 spiro atoms. The van der Waals surface area contributed by atoms with E-state index in [1.807, 2.05) is 0 Å². The quantitative estimate of drug-likeness (QED) is 0.602. The Balaban J connectivity index is 1.60. The molecule has 182 valence electrons. The van der Waals surface area contributed by atoms with Gasteiger partial charge in [-0.25, -0.2) is 4.79 Å². The number of rotatable bonds is 4. The van der Waals surface area contributed by atoms with Crippen LogP contribution in [0.2, 0.25) is 0 Å². The molecule has 3 aromatic rings. The van der Waals surface area contributed by atoms with Crippen LogP contribution >= 0.6 is 0 Å². The lowest BCUT2D eigenvalue weighted by Crippen LogP contribution is -2.60. The first kappa shape index (κ1) is 23.9. The highest BCUT2D eigenvalue weighted by Crippen LogP contribution is 2.35. The zero-order chi connectivity index (χ0) is 25.3. The Morgan fingerprint density at radius 3 is 2.63 bits per heavy atom. The summed E-state index contributed by atoms with van der Waals surface area (Å²) in [7, 11) is 1.39. The lowest BCUT2D eigenvalue weighted by Gasteiger charge is -2.42. The number of carbonyl (C=O) groups excluding carboxylic acids is 2. The number of oxazole rings is 1. The van der Waals surface area contributed by atoms with E-state index in [9.17, 15) is 27.6 Å². The fraction of sp³-hybridized carbons (Fsp3) is 0.304. The van der Waals surface area contributed by atoms with Crippen LogP contribution in [-0.4, -0.2) is 54.0 Å². The van der Waals surface area contributed by atoms with Crippen molar-refractivity contribution in [3.63, 3.8) is 0 Å². The first-order valence-electron chi connectivity index (χ1n) is 10.6. The number of benzene rings is 2. The summed E-state index contributed by atoms with van der Waals surface area (Å²) in [6, 6.07) is 10.4. The number of nitrogens with one attached hydrogen (secondary N) is 1. The predicted molar refractivity (Wildman–Crippen MR) is 118 cm³/mol. The number of nitrogens with zero attached hydrogens (tertiary/aromatic N) is 4. The van der Waals surface area contributed by atoms with Crippen molar-refractivity contribution in [1.82, 2.24) is 14.8 Å². The Labute approximate surface area is 196 Å². The number of halogens is 3. The standard InChI is InChI=1S/C23H20F3N5O4/c1-28-21(33)18-12-29(20(32)13-31-17-4-2-3-5-19(17)35-22(31)34)8-9-30(18)15-7-6-14(11-27)16(10-15)23(24,25)26/h2-7,10,18H,8-9,12-13H2,1H3,(H,28,33). The largest absolute Gasteiger partial charge is 0.420 e. The van der Waals surface area contributed by atoms with E-state index >= 15 is 0 Å². The number of alkyl halides is 3. The molecular formula is C23H20F3N5O4. The van der Waals surface area contributed by atoms with E-state index in [1.54, 1.807) is 24.3 Å². The summed E-state index contributed by atoms with van der Waals surface area (Å²) in [4.78, 5) is 40.7. The number of carbonyl (C=O) groups is 2. The Morgan fingerprint density at radius 2 is 1.94 bits per heavy atom. The van der Waals surface area contributed by atoms with Gasteiger partial charge in [-0.15, -0.1) is 0 Å². The van der Waals surface area contributed by atoms with Crippen molar-refractivity contribution < 1.29 is 27.2 Å².